The first-order chi connectivity index (χ1) is 9.46. The van der Waals surface area contributed by atoms with Crippen LogP contribution in [0.1, 0.15) is 54.6 Å². The molecule has 1 aliphatic heterocycles. The molecule has 1 N–H and O–H groups in total. The maximum absolute atomic E-state index is 12.5. The Hall–Kier alpha value is -1.10. The summed E-state index contributed by atoms with van der Waals surface area (Å²) in [5, 5.41) is 3.10. The van der Waals surface area contributed by atoms with Crippen molar-refractivity contribution in [2.24, 2.45) is 5.41 Å². The van der Waals surface area contributed by atoms with Gasteiger partial charge in [0.2, 0.25) is 0 Å². The highest BCUT2D eigenvalue weighted by Gasteiger charge is 2.60. The molecule has 0 unspecified atom stereocenters. The van der Waals surface area contributed by atoms with Crippen LogP contribution in [0.3, 0.4) is 0 Å². The summed E-state index contributed by atoms with van der Waals surface area (Å²) in [6.45, 7) is 1.89. The fourth-order valence-electron chi connectivity index (χ4n) is 4.63. The van der Waals surface area contributed by atoms with Gasteiger partial charge in [-0.3, -0.25) is 14.2 Å². The Morgan fingerprint density at radius 2 is 1.90 bits per heavy atom. The van der Waals surface area contributed by atoms with E-state index in [0.29, 0.717) is 15.6 Å². The minimum Gasteiger partial charge on any atom is -0.327 e. The molecule has 2 aliphatic carbocycles. The number of pyridine rings is 1. The molecule has 0 aromatic carbocycles. The van der Waals surface area contributed by atoms with E-state index in [9.17, 15) is 9.59 Å². The number of nitrogens with zero attached hydrogens (tertiary/aromatic N) is 1. The Labute approximate surface area is 125 Å². The van der Waals surface area contributed by atoms with E-state index >= 15 is 0 Å². The van der Waals surface area contributed by atoms with Crippen molar-refractivity contribution < 1.29 is 4.79 Å². The van der Waals surface area contributed by atoms with E-state index in [1.165, 1.54) is 25.7 Å². The molecule has 2 spiro atoms. The van der Waals surface area contributed by atoms with Crippen LogP contribution in [0.4, 0.5) is 0 Å². The second-order valence-electron chi connectivity index (χ2n) is 6.71. The maximum Gasteiger partial charge on any atom is 0.270 e. The first-order valence-corrected chi connectivity index (χ1v) is 8.01. The second-order valence-corrected chi connectivity index (χ2v) is 7.57. The van der Waals surface area contributed by atoms with Crippen LogP contribution in [0.25, 0.3) is 0 Å². The molecule has 2 fully saturated rings. The number of hydrogen-bond donors (Lipinski definition) is 1. The summed E-state index contributed by atoms with van der Waals surface area (Å²) in [4.78, 5) is 24.8. The molecule has 106 valence electrons. The van der Waals surface area contributed by atoms with E-state index in [1.807, 2.05) is 6.92 Å². The summed E-state index contributed by atoms with van der Waals surface area (Å²) in [5.41, 5.74) is 1.23. The molecule has 1 aromatic rings. The van der Waals surface area contributed by atoms with Crippen molar-refractivity contribution in [1.29, 1.82) is 0 Å². The van der Waals surface area contributed by atoms with E-state index in [-0.39, 0.29) is 11.5 Å². The van der Waals surface area contributed by atoms with Gasteiger partial charge in [-0.1, -0.05) is 12.8 Å². The number of rotatable bonds is 0. The monoisotopic (exact) mass is 336 g/mol. The zero-order chi connectivity index (χ0) is 14.1. The molecule has 2 heterocycles. The van der Waals surface area contributed by atoms with Crippen molar-refractivity contribution in [2.75, 3.05) is 0 Å². The van der Waals surface area contributed by atoms with Gasteiger partial charge in [0.25, 0.3) is 11.5 Å². The zero-order valence-corrected chi connectivity index (χ0v) is 13.0. The Morgan fingerprint density at radius 3 is 2.55 bits per heavy atom. The first-order valence-electron chi connectivity index (χ1n) is 7.22. The molecular weight excluding hydrogens is 320 g/mol. The highest BCUT2D eigenvalue weighted by molar-refractivity contribution is 9.10. The number of halogens is 1. The van der Waals surface area contributed by atoms with Gasteiger partial charge in [-0.25, -0.2) is 0 Å². The van der Waals surface area contributed by atoms with Gasteiger partial charge in [0.05, 0.1) is 4.47 Å². The molecule has 0 bridgehead atoms. The van der Waals surface area contributed by atoms with Gasteiger partial charge in [0, 0.05) is 0 Å². The molecule has 5 heteroatoms. The molecule has 3 aliphatic rings. The van der Waals surface area contributed by atoms with Gasteiger partial charge < -0.3 is 5.32 Å². The van der Waals surface area contributed by atoms with Gasteiger partial charge in [-0.15, -0.1) is 0 Å². The molecule has 20 heavy (non-hydrogen) atoms. The molecule has 1 amide bonds. The average Bonchev–Trinajstić information content (AvgIpc) is 2.91. The summed E-state index contributed by atoms with van der Waals surface area (Å²) in [7, 11) is 0. The summed E-state index contributed by atoms with van der Waals surface area (Å²) in [6, 6.07) is 1.75. The Kier molecular flexibility index (Phi) is 2.37. The number of nitrogens with one attached hydrogen (secondary N) is 1. The molecule has 0 radical (unpaired) electrons. The number of amides is 1. The van der Waals surface area contributed by atoms with Crippen LogP contribution in [0.2, 0.25) is 0 Å². The average molecular weight is 337 g/mol. The van der Waals surface area contributed by atoms with Crippen molar-refractivity contribution in [3.63, 3.8) is 0 Å². The van der Waals surface area contributed by atoms with Crippen molar-refractivity contribution in [2.45, 2.75) is 51.1 Å². The lowest BCUT2D eigenvalue weighted by Gasteiger charge is -2.53. The Balaban J connectivity index is 1.85. The largest absolute Gasteiger partial charge is 0.327 e. The van der Waals surface area contributed by atoms with E-state index < -0.39 is 5.66 Å². The number of carbonyl (C=O) groups excluding carboxylic acids is 1. The number of hydrogen-bond acceptors (Lipinski definition) is 2. The van der Waals surface area contributed by atoms with Crippen molar-refractivity contribution in [1.82, 2.24) is 9.88 Å². The standard InChI is InChI=1S/C15H17BrN2O2/c1-9-6-10(16)13(20)18-11(9)12(19)17-15(18)7-14(8-15)4-2-3-5-14/h6H,2-5,7-8H2,1H3,(H,17,19). The molecule has 1 aromatic heterocycles. The number of aryl methyl sites for hydroxylation is 1. The maximum atomic E-state index is 12.5. The third-order valence-electron chi connectivity index (χ3n) is 5.34. The number of fused-ring (bicyclic) bond motifs is 2. The first kappa shape index (κ1) is 12.6. The van der Waals surface area contributed by atoms with Crippen LogP contribution < -0.4 is 10.9 Å². The lowest BCUT2D eigenvalue weighted by Crippen LogP contribution is -2.60. The summed E-state index contributed by atoms with van der Waals surface area (Å²) in [6.07, 6.45) is 6.86. The number of carbonyl (C=O) groups is 1. The summed E-state index contributed by atoms with van der Waals surface area (Å²) < 4.78 is 2.26. The molecular formula is C15H17BrN2O2. The summed E-state index contributed by atoms with van der Waals surface area (Å²) in [5.74, 6) is -0.0973. The van der Waals surface area contributed by atoms with Crippen LogP contribution in [-0.2, 0) is 5.66 Å². The van der Waals surface area contributed by atoms with E-state index in [1.54, 1.807) is 10.6 Å². The van der Waals surface area contributed by atoms with Gasteiger partial charge in [0.1, 0.15) is 11.4 Å². The third-order valence-corrected chi connectivity index (χ3v) is 5.90. The van der Waals surface area contributed by atoms with Crippen molar-refractivity contribution >= 4 is 21.8 Å². The van der Waals surface area contributed by atoms with Gasteiger partial charge in [-0.05, 0) is 65.6 Å². The second kappa shape index (κ2) is 3.75. The number of aromatic nitrogens is 1. The highest BCUT2D eigenvalue weighted by Crippen LogP contribution is 2.61. The smallest absolute Gasteiger partial charge is 0.270 e. The molecule has 0 atom stereocenters. The Bertz CT molecular complexity index is 678. The SMILES string of the molecule is Cc1cc(Br)c(=O)n2c1C(=O)NC21CC2(CCCC2)C1. The zero-order valence-electron chi connectivity index (χ0n) is 11.5. The van der Waals surface area contributed by atoms with Gasteiger partial charge in [-0.2, -0.15) is 0 Å². The fraction of sp³-hybridized carbons (Fsp3) is 0.600. The molecule has 4 nitrogen and oxygen atoms in total. The van der Waals surface area contributed by atoms with Crippen LogP contribution in [0.15, 0.2) is 15.3 Å². The summed E-state index contributed by atoms with van der Waals surface area (Å²) >= 11 is 3.33. The van der Waals surface area contributed by atoms with Crippen LogP contribution in [-0.4, -0.2) is 10.5 Å². The molecule has 0 saturated heterocycles. The quantitative estimate of drug-likeness (QED) is 0.791. The van der Waals surface area contributed by atoms with Crippen LogP contribution in [0.5, 0.6) is 0 Å². The van der Waals surface area contributed by atoms with Gasteiger partial charge in [0.15, 0.2) is 0 Å². The lowest BCUT2D eigenvalue weighted by molar-refractivity contribution is -0.0362. The Morgan fingerprint density at radius 1 is 1.25 bits per heavy atom. The van der Waals surface area contributed by atoms with E-state index in [4.69, 9.17) is 0 Å². The highest BCUT2D eigenvalue weighted by atomic mass is 79.9. The van der Waals surface area contributed by atoms with E-state index in [2.05, 4.69) is 21.2 Å². The minimum atomic E-state index is -0.456. The molecule has 4 rings (SSSR count). The topological polar surface area (TPSA) is 51.1 Å². The minimum absolute atomic E-state index is 0.0863. The van der Waals surface area contributed by atoms with Crippen LogP contribution in [0, 0.1) is 12.3 Å². The predicted octanol–water partition coefficient (Wildman–Crippen LogP) is 2.67. The predicted molar refractivity (Wildman–Crippen MR) is 78.7 cm³/mol. The third kappa shape index (κ3) is 1.42. The van der Waals surface area contributed by atoms with Crippen LogP contribution >= 0.6 is 15.9 Å². The normalized spacial score (nSPS) is 24.8. The van der Waals surface area contributed by atoms with E-state index in [0.717, 1.165) is 18.4 Å². The molecule has 2 saturated carbocycles. The lowest BCUT2D eigenvalue weighted by atomic mass is 9.60. The fourth-order valence-corrected chi connectivity index (χ4v) is 5.16. The van der Waals surface area contributed by atoms with Crippen molar-refractivity contribution in [3.05, 3.63) is 32.2 Å². The van der Waals surface area contributed by atoms with Crippen molar-refractivity contribution in [3.8, 4) is 0 Å². The van der Waals surface area contributed by atoms with Gasteiger partial charge >= 0.3 is 0 Å².